The van der Waals surface area contributed by atoms with E-state index < -0.39 is 0 Å². The Kier molecular flexibility index (Phi) is 6.48. The molecule has 23 heavy (non-hydrogen) atoms. The third-order valence-corrected chi connectivity index (χ3v) is 3.34. The Morgan fingerprint density at radius 3 is 2.17 bits per heavy atom. The van der Waals surface area contributed by atoms with Crippen LogP contribution in [-0.4, -0.2) is 18.7 Å². The summed E-state index contributed by atoms with van der Waals surface area (Å²) in [5.74, 6) is 1.00. The molecule has 0 aliphatic carbocycles. The molecule has 0 aliphatic rings. The van der Waals surface area contributed by atoms with Crippen molar-refractivity contribution in [2.75, 3.05) is 6.61 Å². The molecular weight excluding hydrogens is 292 g/mol. The predicted molar refractivity (Wildman–Crippen MR) is 88.6 cm³/mol. The normalized spacial score (nSPS) is 11.6. The number of carbonyl (C=O) groups excluding carboxylic acids is 1. The molecule has 2 aromatic rings. The van der Waals surface area contributed by atoms with Gasteiger partial charge in [-0.1, -0.05) is 37.3 Å². The molecule has 0 bridgehead atoms. The second-order valence-electron chi connectivity index (χ2n) is 5.24. The zero-order valence-corrected chi connectivity index (χ0v) is 13.5. The molecular formula is C19H22O4. The molecule has 1 atom stereocenters. The second kappa shape index (κ2) is 8.83. The maximum atomic E-state index is 11.5. The van der Waals surface area contributed by atoms with Crippen LogP contribution in [0.4, 0.5) is 0 Å². The summed E-state index contributed by atoms with van der Waals surface area (Å²) in [4.78, 5) is 11.5. The van der Waals surface area contributed by atoms with Crippen molar-refractivity contribution < 1.29 is 19.0 Å². The Morgan fingerprint density at radius 1 is 0.957 bits per heavy atom. The number of esters is 1. The zero-order chi connectivity index (χ0) is 16.5. The van der Waals surface area contributed by atoms with Crippen LogP contribution in [0.2, 0.25) is 0 Å². The second-order valence-corrected chi connectivity index (χ2v) is 5.24. The molecule has 2 aromatic carbocycles. The van der Waals surface area contributed by atoms with Crippen LogP contribution in [0.3, 0.4) is 0 Å². The van der Waals surface area contributed by atoms with Gasteiger partial charge in [-0.25, -0.2) is 4.79 Å². The highest BCUT2D eigenvalue weighted by Gasteiger charge is 2.08. The van der Waals surface area contributed by atoms with E-state index in [1.807, 2.05) is 56.3 Å². The van der Waals surface area contributed by atoms with Gasteiger partial charge in [-0.2, -0.15) is 0 Å². The van der Waals surface area contributed by atoms with Crippen LogP contribution in [0.25, 0.3) is 0 Å². The van der Waals surface area contributed by atoms with Gasteiger partial charge in [0.1, 0.15) is 18.1 Å². The minimum absolute atomic E-state index is 0.0835. The van der Waals surface area contributed by atoms with E-state index in [1.165, 1.54) is 0 Å². The first-order valence-electron chi connectivity index (χ1n) is 7.76. The van der Waals surface area contributed by atoms with E-state index in [2.05, 4.69) is 0 Å². The van der Waals surface area contributed by atoms with Gasteiger partial charge < -0.3 is 14.2 Å². The standard InChI is InChI=1S/C19H22O4/c1-3-15(2)23-19(20)14-22-18-11-9-17(10-12-18)21-13-16-7-5-4-6-8-16/h4-12,15H,3,13-14H2,1-2H3. The lowest BCUT2D eigenvalue weighted by Crippen LogP contribution is -2.20. The van der Waals surface area contributed by atoms with Gasteiger partial charge in [-0.3, -0.25) is 0 Å². The van der Waals surface area contributed by atoms with E-state index in [1.54, 1.807) is 12.1 Å². The molecule has 0 saturated heterocycles. The summed E-state index contributed by atoms with van der Waals surface area (Å²) < 4.78 is 16.2. The summed E-state index contributed by atoms with van der Waals surface area (Å²) in [6, 6.07) is 17.1. The topological polar surface area (TPSA) is 44.8 Å². The summed E-state index contributed by atoms with van der Waals surface area (Å²) in [6.07, 6.45) is 0.707. The van der Waals surface area contributed by atoms with Crippen LogP contribution in [0.5, 0.6) is 11.5 Å². The van der Waals surface area contributed by atoms with Gasteiger partial charge in [0.05, 0.1) is 6.10 Å². The molecule has 0 heterocycles. The molecule has 0 aromatic heterocycles. The first-order valence-corrected chi connectivity index (χ1v) is 7.76. The molecule has 2 rings (SSSR count). The van der Waals surface area contributed by atoms with Gasteiger partial charge >= 0.3 is 5.97 Å². The smallest absolute Gasteiger partial charge is 0.344 e. The number of rotatable bonds is 8. The monoisotopic (exact) mass is 314 g/mol. The van der Waals surface area contributed by atoms with Gasteiger partial charge in [0, 0.05) is 0 Å². The fourth-order valence-electron chi connectivity index (χ4n) is 1.86. The fourth-order valence-corrected chi connectivity index (χ4v) is 1.86. The minimum Gasteiger partial charge on any atom is -0.489 e. The summed E-state index contributed by atoms with van der Waals surface area (Å²) in [7, 11) is 0. The molecule has 0 aliphatic heterocycles. The summed E-state index contributed by atoms with van der Waals surface area (Å²) in [6.45, 7) is 4.25. The van der Waals surface area contributed by atoms with Crippen LogP contribution >= 0.6 is 0 Å². The molecule has 0 N–H and O–H groups in total. The van der Waals surface area contributed by atoms with Crippen molar-refractivity contribution in [3.05, 3.63) is 60.2 Å². The molecule has 122 valence electrons. The summed E-state index contributed by atoms with van der Waals surface area (Å²) in [5, 5.41) is 0. The molecule has 4 heteroatoms. The largest absolute Gasteiger partial charge is 0.489 e. The maximum absolute atomic E-state index is 11.5. The summed E-state index contributed by atoms with van der Waals surface area (Å²) >= 11 is 0. The first kappa shape index (κ1) is 16.9. The fraction of sp³-hybridized carbons (Fsp3) is 0.316. The average Bonchev–Trinajstić information content (AvgIpc) is 2.60. The Bertz CT molecular complexity index is 593. The minimum atomic E-state index is -0.358. The van der Waals surface area contributed by atoms with Crippen molar-refractivity contribution >= 4 is 5.97 Å². The molecule has 1 unspecified atom stereocenters. The number of carbonyl (C=O) groups is 1. The number of ether oxygens (including phenoxy) is 3. The van der Waals surface area contributed by atoms with Gasteiger partial charge in [-0.05, 0) is 43.2 Å². The van der Waals surface area contributed by atoms with Crippen LogP contribution in [-0.2, 0) is 16.1 Å². The first-order chi connectivity index (χ1) is 11.2. The number of hydrogen-bond donors (Lipinski definition) is 0. The van der Waals surface area contributed by atoms with E-state index in [4.69, 9.17) is 14.2 Å². The highest BCUT2D eigenvalue weighted by Crippen LogP contribution is 2.18. The number of hydrogen-bond acceptors (Lipinski definition) is 4. The zero-order valence-electron chi connectivity index (χ0n) is 13.5. The van der Waals surface area contributed by atoms with Crippen LogP contribution in [0.1, 0.15) is 25.8 Å². The van der Waals surface area contributed by atoms with E-state index in [0.29, 0.717) is 12.4 Å². The lowest BCUT2D eigenvalue weighted by molar-refractivity contribution is -0.150. The third-order valence-electron chi connectivity index (χ3n) is 3.34. The maximum Gasteiger partial charge on any atom is 0.344 e. The molecule has 0 spiro atoms. The predicted octanol–water partition coefficient (Wildman–Crippen LogP) is 3.99. The van der Waals surface area contributed by atoms with Gasteiger partial charge in [-0.15, -0.1) is 0 Å². The van der Waals surface area contributed by atoms with Crippen molar-refractivity contribution in [1.82, 2.24) is 0 Å². The van der Waals surface area contributed by atoms with Gasteiger partial charge in [0.2, 0.25) is 0 Å². The van der Waals surface area contributed by atoms with E-state index >= 15 is 0 Å². The molecule has 4 nitrogen and oxygen atoms in total. The van der Waals surface area contributed by atoms with Gasteiger partial charge in [0.25, 0.3) is 0 Å². The molecule has 0 radical (unpaired) electrons. The number of benzene rings is 2. The summed E-state index contributed by atoms with van der Waals surface area (Å²) in [5.41, 5.74) is 1.11. The van der Waals surface area contributed by atoms with Crippen molar-refractivity contribution in [3.8, 4) is 11.5 Å². The molecule has 0 amide bonds. The Balaban J connectivity index is 1.77. The van der Waals surface area contributed by atoms with Crippen molar-refractivity contribution in [2.45, 2.75) is 33.0 Å². The average molecular weight is 314 g/mol. The highest BCUT2D eigenvalue weighted by molar-refractivity contribution is 5.71. The molecule has 0 saturated carbocycles. The Labute approximate surface area is 137 Å². The van der Waals surface area contributed by atoms with Crippen LogP contribution in [0, 0.1) is 0 Å². The highest BCUT2D eigenvalue weighted by atomic mass is 16.6. The van der Waals surface area contributed by atoms with Gasteiger partial charge in [0.15, 0.2) is 6.61 Å². The van der Waals surface area contributed by atoms with Crippen LogP contribution < -0.4 is 9.47 Å². The van der Waals surface area contributed by atoms with E-state index in [0.717, 1.165) is 17.7 Å². The molecule has 0 fully saturated rings. The van der Waals surface area contributed by atoms with E-state index in [-0.39, 0.29) is 18.7 Å². The Hall–Kier alpha value is -2.49. The van der Waals surface area contributed by atoms with E-state index in [9.17, 15) is 4.79 Å². The van der Waals surface area contributed by atoms with Crippen molar-refractivity contribution in [1.29, 1.82) is 0 Å². The van der Waals surface area contributed by atoms with Crippen molar-refractivity contribution in [3.63, 3.8) is 0 Å². The lowest BCUT2D eigenvalue weighted by atomic mass is 10.2. The Morgan fingerprint density at radius 2 is 1.57 bits per heavy atom. The third kappa shape index (κ3) is 6.02. The quantitative estimate of drug-likeness (QED) is 0.691. The lowest BCUT2D eigenvalue weighted by Gasteiger charge is -2.12. The van der Waals surface area contributed by atoms with Crippen LogP contribution in [0.15, 0.2) is 54.6 Å². The SMILES string of the molecule is CCC(C)OC(=O)COc1ccc(OCc2ccccc2)cc1. The van der Waals surface area contributed by atoms with Crippen molar-refractivity contribution in [2.24, 2.45) is 0 Å².